The number of aryl methyl sites for hydroxylation is 3. The lowest BCUT2D eigenvalue weighted by molar-refractivity contribution is 0.521. The lowest BCUT2D eigenvalue weighted by Crippen LogP contribution is -2.22. The van der Waals surface area contributed by atoms with E-state index in [0.29, 0.717) is 6.04 Å². The van der Waals surface area contributed by atoms with E-state index in [1.807, 2.05) is 18.7 Å². The third-order valence-corrected chi connectivity index (χ3v) is 3.30. The third kappa shape index (κ3) is 2.81. The fourth-order valence-electron chi connectivity index (χ4n) is 2.18. The Morgan fingerprint density at radius 3 is 2.87 bits per heavy atom. The Morgan fingerprint density at radius 2 is 2.33 bits per heavy atom. The molecule has 1 heterocycles. The summed E-state index contributed by atoms with van der Waals surface area (Å²) in [7, 11) is 2.02. The normalized spacial score (nSPS) is 18.1. The first-order valence-corrected chi connectivity index (χ1v) is 5.92. The number of hydrogen-bond acceptors (Lipinski definition) is 2. The van der Waals surface area contributed by atoms with Gasteiger partial charge < -0.3 is 5.73 Å². The van der Waals surface area contributed by atoms with Gasteiger partial charge in [0.2, 0.25) is 0 Å². The molecule has 2 rings (SSSR count). The topological polar surface area (TPSA) is 43.8 Å². The van der Waals surface area contributed by atoms with Crippen molar-refractivity contribution < 1.29 is 0 Å². The number of nitrogens with two attached hydrogens (primary N) is 1. The molecule has 1 aromatic rings. The molecule has 15 heavy (non-hydrogen) atoms. The summed E-state index contributed by atoms with van der Waals surface area (Å²) in [6.45, 7) is 2.04. The van der Waals surface area contributed by atoms with Crippen LogP contribution in [0.15, 0.2) is 6.07 Å². The van der Waals surface area contributed by atoms with E-state index >= 15 is 0 Å². The van der Waals surface area contributed by atoms with E-state index in [9.17, 15) is 0 Å². The van der Waals surface area contributed by atoms with Gasteiger partial charge in [0.15, 0.2) is 0 Å². The second kappa shape index (κ2) is 4.35. The van der Waals surface area contributed by atoms with Crippen LogP contribution in [0, 0.1) is 12.8 Å². The van der Waals surface area contributed by atoms with Crippen LogP contribution in [0.3, 0.4) is 0 Å². The number of aromatic nitrogens is 2. The molecule has 1 aromatic heterocycles. The van der Waals surface area contributed by atoms with Crippen molar-refractivity contribution >= 4 is 0 Å². The van der Waals surface area contributed by atoms with Gasteiger partial charge in [-0.05, 0) is 51.0 Å². The molecule has 2 N–H and O–H groups in total. The first kappa shape index (κ1) is 10.7. The predicted octanol–water partition coefficient (Wildman–Crippen LogP) is 1.79. The Hall–Kier alpha value is -0.830. The van der Waals surface area contributed by atoms with Crippen molar-refractivity contribution in [3.05, 3.63) is 17.5 Å². The zero-order valence-electron chi connectivity index (χ0n) is 9.74. The van der Waals surface area contributed by atoms with Crippen LogP contribution < -0.4 is 5.73 Å². The van der Waals surface area contributed by atoms with Crippen molar-refractivity contribution in [1.29, 1.82) is 0 Å². The van der Waals surface area contributed by atoms with Crippen LogP contribution in [-0.4, -0.2) is 15.8 Å². The van der Waals surface area contributed by atoms with Crippen LogP contribution in [0.25, 0.3) is 0 Å². The molecule has 0 aromatic carbocycles. The summed E-state index contributed by atoms with van der Waals surface area (Å²) in [4.78, 5) is 0. The van der Waals surface area contributed by atoms with E-state index in [1.165, 1.54) is 25.0 Å². The average molecular weight is 207 g/mol. The third-order valence-electron chi connectivity index (χ3n) is 3.30. The largest absolute Gasteiger partial charge is 0.327 e. The van der Waals surface area contributed by atoms with Crippen LogP contribution in [0.2, 0.25) is 0 Å². The minimum absolute atomic E-state index is 0.444. The van der Waals surface area contributed by atoms with Crippen LogP contribution in [0.5, 0.6) is 0 Å². The van der Waals surface area contributed by atoms with E-state index in [0.717, 1.165) is 24.5 Å². The standard InChI is InChI=1S/C12H21N3/c1-9-8-11(15(2)14-9)4-3-5-12(13)10-6-7-10/h8,10,12H,3-7,13H2,1-2H3. The van der Waals surface area contributed by atoms with E-state index in [1.54, 1.807) is 0 Å². The van der Waals surface area contributed by atoms with Crippen molar-refractivity contribution in [3.8, 4) is 0 Å². The minimum atomic E-state index is 0.444. The summed E-state index contributed by atoms with van der Waals surface area (Å²) in [6.07, 6.45) is 6.17. The first-order chi connectivity index (χ1) is 7.16. The summed E-state index contributed by atoms with van der Waals surface area (Å²) in [5.41, 5.74) is 8.50. The number of rotatable bonds is 5. The highest BCUT2D eigenvalue weighted by atomic mass is 15.3. The van der Waals surface area contributed by atoms with Gasteiger partial charge in [0.1, 0.15) is 0 Å². The summed E-state index contributed by atoms with van der Waals surface area (Å²) in [5, 5.41) is 4.34. The Labute approximate surface area is 91.7 Å². The van der Waals surface area contributed by atoms with Crippen LogP contribution in [0.1, 0.15) is 37.1 Å². The zero-order valence-corrected chi connectivity index (χ0v) is 9.74. The second-order valence-corrected chi connectivity index (χ2v) is 4.79. The van der Waals surface area contributed by atoms with E-state index in [4.69, 9.17) is 5.73 Å². The van der Waals surface area contributed by atoms with Crippen LogP contribution in [0.4, 0.5) is 0 Å². The quantitative estimate of drug-likeness (QED) is 0.800. The SMILES string of the molecule is Cc1cc(CCCC(N)C2CC2)n(C)n1. The molecule has 1 atom stereocenters. The molecule has 0 radical (unpaired) electrons. The summed E-state index contributed by atoms with van der Waals surface area (Å²) in [6, 6.07) is 2.61. The molecule has 84 valence electrons. The van der Waals surface area contributed by atoms with Crippen molar-refractivity contribution in [3.63, 3.8) is 0 Å². The van der Waals surface area contributed by atoms with Gasteiger partial charge >= 0.3 is 0 Å². The van der Waals surface area contributed by atoms with Gasteiger partial charge in [0, 0.05) is 18.8 Å². The van der Waals surface area contributed by atoms with Crippen LogP contribution >= 0.6 is 0 Å². The maximum atomic E-state index is 6.06. The van der Waals surface area contributed by atoms with Gasteiger partial charge in [-0.25, -0.2) is 0 Å². The van der Waals surface area contributed by atoms with Crippen molar-refractivity contribution in [2.24, 2.45) is 18.7 Å². The molecule has 3 heteroatoms. The van der Waals surface area contributed by atoms with Gasteiger partial charge in [-0.1, -0.05) is 0 Å². The van der Waals surface area contributed by atoms with Gasteiger partial charge in [0.25, 0.3) is 0 Å². The summed E-state index contributed by atoms with van der Waals surface area (Å²) >= 11 is 0. The number of hydrogen-bond donors (Lipinski definition) is 1. The highest BCUT2D eigenvalue weighted by molar-refractivity contribution is 5.08. The maximum absolute atomic E-state index is 6.06. The Kier molecular flexibility index (Phi) is 3.10. The molecule has 1 saturated carbocycles. The van der Waals surface area contributed by atoms with Gasteiger partial charge in [0.05, 0.1) is 5.69 Å². The van der Waals surface area contributed by atoms with E-state index < -0.39 is 0 Å². The molecule has 1 unspecified atom stereocenters. The van der Waals surface area contributed by atoms with Crippen molar-refractivity contribution in [2.45, 2.75) is 45.1 Å². The molecular formula is C12H21N3. The molecular weight excluding hydrogens is 186 g/mol. The fraction of sp³-hybridized carbons (Fsp3) is 0.750. The Balaban J connectivity index is 1.75. The summed E-state index contributed by atoms with van der Waals surface area (Å²) in [5.74, 6) is 0.832. The van der Waals surface area contributed by atoms with Gasteiger partial charge in [-0.3, -0.25) is 4.68 Å². The van der Waals surface area contributed by atoms with Crippen LogP contribution in [-0.2, 0) is 13.5 Å². The van der Waals surface area contributed by atoms with Gasteiger partial charge in [-0.2, -0.15) is 5.10 Å². The molecule has 1 fully saturated rings. The minimum Gasteiger partial charge on any atom is -0.327 e. The average Bonchev–Trinajstić information content (AvgIpc) is 2.94. The molecule has 1 aliphatic rings. The van der Waals surface area contributed by atoms with Crippen molar-refractivity contribution in [2.75, 3.05) is 0 Å². The summed E-state index contributed by atoms with van der Waals surface area (Å²) < 4.78 is 1.98. The monoisotopic (exact) mass is 207 g/mol. The number of nitrogens with zero attached hydrogens (tertiary/aromatic N) is 2. The molecule has 0 bridgehead atoms. The maximum Gasteiger partial charge on any atom is 0.0596 e. The first-order valence-electron chi connectivity index (χ1n) is 5.92. The molecule has 0 saturated heterocycles. The molecule has 0 amide bonds. The highest BCUT2D eigenvalue weighted by Crippen LogP contribution is 2.33. The van der Waals surface area contributed by atoms with E-state index in [-0.39, 0.29) is 0 Å². The zero-order chi connectivity index (χ0) is 10.8. The molecule has 1 aliphatic carbocycles. The van der Waals surface area contributed by atoms with Gasteiger partial charge in [-0.15, -0.1) is 0 Å². The molecule has 0 aliphatic heterocycles. The lowest BCUT2D eigenvalue weighted by Gasteiger charge is -2.09. The molecule has 3 nitrogen and oxygen atoms in total. The smallest absolute Gasteiger partial charge is 0.0596 e. The second-order valence-electron chi connectivity index (χ2n) is 4.79. The van der Waals surface area contributed by atoms with Crippen molar-refractivity contribution in [1.82, 2.24) is 9.78 Å². The van der Waals surface area contributed by atoms with E-state index in [2.05, 4.69) is 11.2 Å². The Morgan fingerprint density at radius 1 is 1.60 bits per heavy atom. The lowest BCUT2D eigenvalue weighted by atomic mass is 10.1. The fourth-order valence-corrected chi connectivity index (χ4v) is 2.18. The Bertz CT molecular complexity index is 326. The molecule has 0 spiro atoms. The predicted molar refractivity (Wildman–Crippen MR) is 61.6 cm³/mol. The highest BCUT2D eigenvalue weighted by Gasteiger charge is 2.27.